The fourth-order valence-electron chi connectivity index (χ4n) is 2.15. The lowest BCUT2D eigenvalue weighted by Gasteiger charge is -2.26. The van der Waals surface area contributed by atoms with Crippen molar-refractivity contribution in [2.75, 3.05) is 6.54 Å². The number of urea groups is 1. The van der Waals surface area contributed by atoms with Gasteiger partial charge in [-0.05, 0) is 37.8 Å². The van der Waals surface area contributed by atoms with Crippen LogP contribution in [0, 0.1) is 0 Å². The highest BCUT2D eigenvalue weighted by Crippen LogP contribution is 2.15. The number of rotatable bonds is 4. The molecule has 1 heterocycles. The third-order valence-corrected chi connectivity index (χ3v) is 3.49. The third-order valence-electron chi connectivity index (χ3n) is 3.49. The lowest BCUT2D eigenvalue weighted by molar-refractivity contribution is -0.121. The molecule has 0 aliphatic carbocycles. The number of hydrogen-bond acceptors (Lipinski definition) is 4. The van der Waals surface area contributed by atoms with Crippen LogP contribution in [0.3, 0.4) is 0 Å². The first-order chi connectivity index (χ1) is 11.5. The van der Waals surface area contributed by atoms with Gasteiger partial charge in [0.25, 0.3) is 0 Å². The van der Waals surface area contributed by atoms with E-state index in [9.17, 15) is 9.59 Å². The molecule has 7 nitrogen and oxygen atoms in total. The van der Waals surface area contributed by atoms with Gasteiger partial charge in [-0.3, -0.25) is 15.0 Å². The maximum Gasteiger partial charge on any atom is 0.328 e. The van der Waals surface area contributed by atoms with Crippen LogP contribution in [-0.4, -0.2) is 36.1 Å². The number of amidine groups is 1. The topological polar surface area (TPSA) is 83.4 Å². The summed E-state index contributed by atoms with van der Waals surface area (Å²) in [7, 11) is 0. The van der Waals surface area contributed by atoms with E-state index in [-0.39, 0.29) is 18.3 Å². The smallest absolute Gasteiger partial charge is 0.328 e. The first-order valence-corrected chi connectivity index (χ1v) is 7.63. The van der Waals surface area contributed by atoms with Gasteiger partial charge in [0.15, 0.2) is 0 Å². The van der Waals surface area contributed by atoms with Crippen LogP contribution in [0.4, 0.5) is 4.79 Å². The summed E-state index contributed by atoms with van der Waals surface area (Å²) < 4.78 is 5.59. The number of carbonyl (C=O) groups excluding carboxylic acids is 2. The summed E-state index contributed by atoms with van der Waals surface area (Å²) in [4.78, 5) is 32.2. The number of hydrogen-bond donors (Lipinski definition) is 1. The number of amides is 3. The molecule has 0 atom stereocenters. The fourth-order valence-corrected chi connectivity index (χ4v) is 2.15. The number of aliphatic imine (C=N–C) groups is 2. The summed E-state index contributed by atoms with van der Waals surface area (Å²) in [5.74, 6) is 0.341. The molecule has 1 saturated heterocycles. The van der Waals surface area contributed by atoms with E-state index in [0.29, 0.717) is 18.0 Å². The number of ether oxygens (including phenoxy) is 1. The quantitative estimate of drug-likeness (QED) is 0.681. The Bertz CT molecular complexity index is 710. The Kier molecular flexibility index (Phi) is 5.83. The minimum absolute atomic E-state index is 0.0797. The highest BCUT2D eigenvalue weighted by Gasteiger charge is 2.23. The number of allylic oxidation sites excluding steroid dienone is 1. The summed E-state index contributed by atoms with van der Waals surface area (Å²) in [5, 5.41) is 2.26. The van der Waals surface area contributed by atoms with E-state index in [2.05, 4.69) is 28.9 Å². The Morgan fingerprint density at radius 2 is 2.25 bits per heavy atom. The molecule has 0 saturated carbocycles. The lowest BCUT2D eigenvalue weighted by Crippen LogP contribution is -2.48. The molecule has 0 unspecified atom stereocenters. The Morgan fingerprint density at radius 3 is 2.92 bits per heavy atom. The molecule has 1 aliphatic rings. The molecule has 0 aromatic heterocycles. The van der Waals surface area contributed by atoms with Gasteiger partial charge in [-0.2, -0.15) is 0 Å². The van der Waals surface area contributed by atoms with Crippen molar-refractivity contribution in [1.82, 2.24) is 10.2 Å². The highest BCUT2D eigenvalue weighted by molar-refractivity contribution is 5.97. The van der Waals surface area contributed by atoms with Gasteiger partial charge in [-0.1, -0.05) is 19.1 Å². The van der Waals surface area contributed by atoms with Crippen LogP contribution in [-0.2, 0) is 11.2 Å². The first kappa shape index (κ1) is 17.4. The molecule has 1 aromatic rings. The molecule has 1 aromatic carbocycles. The number of aryl methyl sites for hydroxylation is 1. The summed E-state index contributed by atoms with van der Waals surface area (Å²) >= 11 is 0. The summed E-state index contributed by atoms with van der Waals surface area (Å²) in [5.41, 5.74) is 1.71. The van der Waals surface area contributed by atoms with Gasteiger partial charge in [0.05, 0.1) is 6.20 Å². The van der Waals surface area contributed by atoms with Gasteiger partial charge in [-0.25, -0.2) is 14.8 Å². The van der Waals surface area contributed by atoms with Crippen LogP contribution in [0.25, 0.3) is 0 Å². The average Bonchev–Trinajstić information content (AvgIpc) is 2.58. The van der Waals surface area contributed by atoms with Gasteiger partial charge in [0.1, 0.15) is 5.75 Å². The number of nitrogens with one attached hydrogen (secondary N) is 1. The van der Waals surface area contributed by atoms with E-state index < -0.39 is 6.03 Å². The fraction of sp³-hybridized carbons (Fsp3) is 0.294. The maximum atomic E-state index is 11.8. The number of imide groups is 1. The Morgan fingerprint density at radius 1 is 1.46 bits per heavy atom. The van der Waals surface area contributed by atoms with Crippen LogP contribution >= 0.6 is 0 Å². The minimum Gasteiger partial charge on any atom is -0.424 e. The van der Waals surface area contributed by atoms with Crippen LogP contribution < -0.4 is 10.1 Å². The van der Waals surface area contributed by atoms with Crippen LogP contribution in [0.5, 0.6) is 5.75 Å². The van der Waals surface area contributed by atoms with Gasteiger partial charge in [-0.15, -0.1) is 0 Å². The van der Waals surface area contributed by atoms with Crippen LogP contribution in [0.2, 0.25) is 0 Å². The predicted molar refractivity (Wildman–Crippen MR) is 92.1 cm³/mol. The molecule has 1 aliphatic heterocycles. The summed E-state index contributed by atoms with van der Waals surface area (Å²) in [6, 6.07) is 7.23. The SMILES string of the molecule is C=N/C(=N\C=C(/C)N1CCC(=O)NC1=O)Oc1cccc(CC)c1. The summed E-state index contributed by atoms with van der Waals surface area (Å²) in [6.45, 7) is 7.54. The molecule has 24 heavy (non-hydrogen) atoms. The molecular weight excluding hydrogens is 308 g/mol. The van der Waals surface area contributed by atoms with Crippen molar-refractivity contribution >= 4 is 24.7 Å². The van der Waals surface area contributed by atoms with E-state index in [0.717, 1.165) is 12.0 Å². The Balaban J connectivity index is 2.10. The van der Waals surface area contributed by atoms with Crippen molar-refractivity contribution in [2.45, 2.75) is 26.7 Å². The molecule has 7 heteroatoms. The van der Waals surface area contributed by atoms with Gasteiger partial charge in [0, 0.05) is 18.7 Å². The molecule has 1 fully saturated rings. The van der Waals surface area contributed by atoms with Crippen LogP contribution in [0.15, 0.2) is 46.1 Å². The molecule has 0 bridgehead atoms. The van der Waals surface area contributed by atoms with E-state index >= 15 is 0 Å². The van der Waals surface area contributed by atoms with Crippen molar-refractivity contribution in [2.24, 2.45) is 9.98 Å². The Labute approximate surface area is 140 Å². The maximum absolute atomic E-state index is 11.8. The first-order valence-electron chi connectivity index (χ1n) is 7.63. The number of carbonyl (C=O) groups is 2. The van der Waals surface area contributed by atoms with Crippen molar-refractivity contribution in [3.05, 3.63) is 41.7 Å². The van der Waals surface area contributed by atoms with Crippen molar-refractivity contribution in [1.29, 1.82) is 0 Å². The molecule has 126 valence electrons. The third kappa shape index (κ3) is 4.52. The molecule has 0 radical (unpaired) electrons. The minimum atomic E-state index is -0.458. The monoisotopic (exact) mass is 328 g/mol. The van der Waals surface area contributed by atoms with Crippen molar-refractivity contribution in [3.8, 4) is 5.75 Å². The van der Waals surface area contributed by atoms with Gasteiger partial charge in [0.2, 0.25) is 5.91 Å². The zero-order chi connectivity index (χ0) is 17.5. The second-order valence-corrected chi connectivity index (χ2v) is 5.20. The molecule has 3 amide bonds. The molecular formula is C17H20N4O3. The van der Waals surface area contributed by atoms with Crippen molar-refractivity contribution < 1.29 is 14.3 Å². The number of benzene rings is 1. The predicted octanol–water partition coefficient (Wildman–Crippen LogP) is 2.49. The standard InChI is InChI=1S/C17H20N4O3/c1-4-13-6-5-7-14(10-13)24-16(18-3)19-11-12(2)21-9-8-15(22)20-17(21)23/h5-7,10-11H,3-4,8-9H2,1-2H3,(H,20,22,23)/b12-11+,19-16+. The largest absolute Gasteiger partial charge is 0.424 e. The van der Waals surface area contributed by atoms with E-state index in [1.54, 1.807) is 13.0 Å². The average molecular weight is 328 g/mol. The Hall–Kier alpha value is -2.96. The zero-order valence-electron chi connectivity index (χ0n) is 13.8. The zero-order valence-corrected chi connectivity index (χ0v) is 13.8. The van der Waals surface area contributed by atoms with Crippen LogP contribution in [0.1, 0.15) is 25.8 Å². The molecule has 0 spiro atoms. The normalized spacial score (nSPS) is 16.0. The molecule has 1 N–H and O–H groups in total. The number of nitrogens with zero attached hydrogens (tertiary/aromatic N) is 3. The van der Waals surface area contributed by atoms with E-state index in [4.69, 9.17) is 4.74 Å². The van der Waals surface area contributed by atoms with Crippen molar-refractivity contribution in [3.63, 3.8) is 0 Å². The van der Waals surface area contributed by atoms with Gasteiger partial charge < -0.3 is 4.74 Å². The van der Waals surface area contributed by atoms with E-state index in [1.807, 2.05) is 18.2 Å². The molecule has 2 rings (SSSR count). The summed E-state index contributed by atoms with van der Waals surface area (Å²) in [6.07, 6.45) is 2.61. The van der Waals surface area contributed by atoms with E-state index in [1.165, 1.54) is 11.1 Å². The second-order valence-electron chi connectivity index (χ2n) is 5.20. The lowest BCUT2D eigenvalue weighted by atomic mass is 10.2. The second kappa shape index (κ2) is 8.05. The van der Waals surface area contributed by atoms with Gasteiger partial charge >= 0.3 is 12.1 Å². The highest BCUT2D eigenvalue weighted by atomic mass is 16.5.